The van der Waals surface area contributed by atoms with Crippen LogP contribution in [0.3, 0.4) is 0 Å². The van der Waals surface area contributed by atoms with Crippen molar-refractivity contribution in [1.29, 1.82) is 0 Å². The van der Waals surface area contributed by atoms with Gasteiger partial charge in [0.05, 0.1) is 6.61 Å². The third kappa shape index (κ3) is 1.24. The molecule has 1 radical (unpaired) electrons. The van der Waals surface area contributed by atoms with Crippen LogP contribution >= 0.6 is 0 Å². The van der Waals surface area contributed by atoms with E-state index < -0.39 is 0 Å². The molecule has 0 aromatic heterocycles. The maximum absolute atomic E-state index is 5.18. The summed E-state index contributed by atoms with van der Waals surface area (Å²) in [6.07, 6.45) is 7.13. The van der Waals surface area contributed by atoms with Crippen molar-refractivity contribution in [2.75, 3.05) is 6.61 Å². The highest BCUT2D eigenvalue weighted by molar-refractivity contribution is 4.95. The summed E-state index contributed by atoms with van der Waals surface area (Å²) in [4.78, 5) is 0. The summed E-state index contributed by atoms with van der Waals surface area (Å²) in [5, 5.41) is 0. The molecule has 0 unspecified atom stereocenters. The molecule has 1 heterocycles. The van der Waals surface area contributed by atoms with E-state index in [1.54, 1.807) is 6.61 Å². The highest BCUT2D eigenvalue weighted by Crippen LogP contribution is 2.15. The molecule has 1 nitrogen and oxygen atoms in total. The molecule has 1 heteroatoms. The molecular weight excluding hydrogens is 100 g/mol. The Morgan fingerprint density at radius 3 is 3.00 bits per heavy atom. The third-order valence-electron chi connectivity index (χ3n) is 1.32. The first kappa shape index (κ1) is 5.65. The largest absolute Gasteiger partial charge is 0.375 e. The Kier molecular flexibility index (Phi) is 1.93. The molecular formula is C7H9O. The molecule has 0 bridgehead atoms. The van der Waals surface area contributed by atoms with Gasteiger partial charge in [-0.2, -0.15) is 0 Å². The standard InChI is InChI=1S/C7H9O/c1-2-7-3-5-8-6-4-7/h1,5,7H,3-4,6H2/t7-/m0/s1. The van der Waals surface area contributed by atoms with Gasteiger partial charge in [0, 0.05) is 12.5 Å². The van der Waals surface area contributed by atoms with Crippen LogP contribution in [-0.2, 0) is 4.74 Å². The maximum Gasteiger partial charge on any atom is 0.0848 e. The first-order valence-electron chi connectivity index (χ1n) is 2.83. The van der Waals surface area contributed by atoms with Crippen LogP contribution in [0.1, 0.15) is 12.8 Å². The van der Waals surface area contributed by atoms with Crippen LogP contribution in [0.25, 0.3) is 0 Å². The summed E-state index contributed by atoms with van der Waals surface area (Å²) in [5.41, 5.74) is 0. The molecule has 0 N–H and O–H groups in total. The molecule has 0 saturated carbocycles. The summed E-state index contributed by atoms with van der Waals surface area (Å²) in [6, 6.07) is 0. The summed E-state index contributed by atoms with van der Waals surface area (Å²) in [5.74, 6) is 3.13. The highest BCUT2D eigenvalue weighted by Gasteiger charge is 2.09. The molecule has 8 heavy (non-hydrogen) atoms. The van der Waals surface area contributed by atoms with Gasteiger partial charge in [0.15, 0.2) is 0 Å². The Morgan fingerprint density at radius 1 is 1.75 bits per heavy atom. The van der Waals surface area contributed by atoms with E-state index in [2.05, 4.69) is 5.92 Å². The van der Waals surface area contributed by atoms with E-state index in [0.29, 0.717) is 5.92 Å². The molecule has 0 spiro atoms. The summed E-state index contributed by atoms with van der Waals surface area (Å²) in [6.45, 7) is 2.60. The minimum absolute atomic E-state index is 0.434. The Morgan fingerprint density at radius 2 is 2.62 bits per heavy atom. The molecule has 1 fully saturated rings. The van der Waals surface area contributed by atoms with E-state index in [4.69, 9.17) is 11.2 Å². The van der Waals surface area contributed by atoms with E-state index in [0.717, 1.165) is 19.4 Å². The molecule has 0 aromatic carbocycles. The molecule has 1 saturated heterocycles. The lowest BCUT2D eigenvalue weighted by molar-refractivity contribution is 0.138. The fraction of sp³-hybridized carbons (Fsp3) is 0.571. The molecule has 0 aliphatic carbocycles. The molecule has 1 atom stereocenters. The normalized spacial score (nSPS) is 22.4. The average molecular weight is 109 g/mol. The summed E-state index contributed by atoms with van der Waals surface area (Å²) in [7, 11) is 0. The Balaban J connectivity index is 2.25. The van der Waals surface area contributed by atoms with Crippen LogP contribution < -0.4 is 0 Å². The highest BCUT2D eigenvalue weighted by atomic mass is 16.5. The predicted molar refractivity (Wildman–Crippen MR) is 31.8 cm³/mol. The van der Waals surface area contributed by atoms with Gasteiger partial charge in [0.2, 0.25) is 0 Å². The Labute approximate surface area is 50.0 Å². The summed E-state index contributed by atoms with van der Waals surface area (Å²) < 4.78 is 4.98. The van der Waals surface area contributed by atoms with E-state index in [1.807, 2.05) is 0 Å². The smallest absolute Gasteiger partial charge is 0.0848 e. The SMILES string of the molecule is C#C[C@H]1C[CH]OCC1. The van der Waals surface area contributed by atoms with Crippen molar-refractivity contribution in [3.05, 3.63) is 6.61 Å². The van der Waals surface area contributed by atoms with Gasteiger partial charge in [-0.15, -0.1) is 12.3 Å². The second-order valence-corrected chi connectivity index (χ2v) is 1.93. The topological polar surface area (TPSA) is 9.23 Å². The van der Waals surface area contributed by atoms with Crippen molar-refractivity contribution >= 4 is 0 Å². The van der Waals surface area contributed by atoms with Crippen LogP contribution in [0.4, 0.5) is 0 Å². The van der Waals surface area contributed by atoms with Crippen LogP contribution in [0.15, 0.2) is 0 Å². The maximum atomic E-state index is 5.18. The van der Waals surface area contributed by atoms with Gasteiger partial charge < -0.3 is 4.74 Å². The predicted octanol–water partition coefficient (Wildman–Crippen LogP) is 1.21. The fourth-order valence-electron chi connectivity index (χ4n) is 0.747. The minimum atomic E-state index is 0.434. The zero-order valence-electron chi connectivity index (χ0n) is 4.76. The van der Waals surface area contributed by atoms with Crippen molar-refractivity contribution in [2.45, 2.75) is 12.8 Å². The monoisotopic (exact) mass is 109 g/mol. The number of ether oxygens (including phenoxy) is 1. The van der Waals surface area contributed by atoms with E-state index in [-0.39, 0.29) is 0 Å². The second kappa shape index (κ2) is 2.74. The zero-order chi connectivity index (χ0) is 5.82. The van der Waals surface area contributed by atoms with Crippen molar-refractivity contribution in [3.63, 3.8) is 0 Å². The molecule has 1 aliphatic rings. The molecule has 0 amide bonds. The molecule has 0 aromatic rings. The van der Waals surface area contributed by atoms with Gasteiger partial charge in [-0.3, -0.25) is 0 Å². The van der Waals surface area contributed by atoms with Gasteiger partial charge in [-0.1, -0.05) is 0 Å². The lowest BCUT2D eigenvalue weighted by Gasteiger charge is -2.15. The number of hydrogen-bond donors (Lipinski definition) is 0. The van der Waals surface area contributed by atoms with Crippen LogP contribution in [0.5, 0.6) is 0 Å². The van der Waals surface area contributed by atoms with Gasteiger partial charge >= 0.3 is 0 Å². The second-order valence-electron chi connectivity index (χ2n) is 1.93. The van der Waals surface area contributed by atoms with Gasteiger partial charge in [0.1, 0.15) is 0 Å². The van der Waals surface area contributed by atoms with Crippen LogP contribution in [0.2, 0.25) is 0 Å². The molecule has 1 rings (SSSR count). The average Bonchev–Trinajstić information content (AvgIpc) is 1.90. The van der Waals surface area contributed by atoms with Crippen molar-refractivity contribution in [1.82, 2.24) is 0 Å². The Bertz CT molecular complexity index is 95.4. The third-order valence-corrected chi connectivity index (χ3v) is 1.32. The number of hydrogen-bond acceptors (Lipinski definition) is 1. The van der Waals surface area contributed by atoms with Gasteiger partial charge in [-0.05, 0) is 12.8 Å². The van der Waals surface area contributed by atoms with Crippen molar-refractivity contribution in [2.24, 2.45) is 5.92 Å². The first-order chi connectivity index (χ1) is 3.93. The van der Waals surface area contributed by atoms with Crippen LogP contribution in [-0.4, -0.2) is 6.61 Å². The first-order valence-corrected chi connectivity index (χ1v) is 2.83. The van der Waals surface area contributed by atoms with E-state index in [9.17, 15) is 0 Å². The van der Waals surface area contributed by atoms with Gasteiger partial charge in [0.25, 0.3) is 0 Å². The minimum Gasteiger partial charge on any atom is -0.375 e. The van der Waals surface area contributed by atoms with Gasteiger partial charge in [-0.25, -0.2) is 0 Å². The number of rotatable bonds is 0. The lowest BCUT2D eigenvalue weighted by atomic mass is 10.0. The molecule has 1 aliphatic heterocycles. The van der Waals surface area contributed by atoms with Crippen LogP contribution in [0, 0.1) is 24.9 Å². The number of terminal acetylenes is 1. The summed E-state index contributed by atoms with van der Waals surface area (Å²) >= 11 is 0. The lowest BCUT2D eigenvalue weighted by Crippen LogP contribution is -2.09. The Hall–Kier alpha value is -0.480. The van der Waals surface area contributed by atoms with Crippen molar-refractivity contribution < 1.29 is 4.74 Å². The quantitative estimate of drug-likeness (QED) is 0.425. The van der Waals surface area contributed by atoms with Crippen molar-refractivity contribution in [3.8, 4) is 12.3 Å². The van der Waals surface area contributed by atoms with E-state index >= 15 is 0 Å². The molecule has 43 valence electrons. The van der Waals surface area contributed by atoms with E-state index in [1.165, 1.54) is 0 Å². The fourth-order valence-corrected chi connectivity index (χ4v) is 0.747. The zero-order valence-corrected chi connectivity index (χ0v) is 4.76.